The maximum absolute atomic E-state index is 8.81. The predicted molar refractivity (Wildman–Crippen MR) is 61.6 cm³/mol. The third-order valence-corrected chi connectivity index (χ3v) is 2.81. The number of benzene rings is 1. The Morgan fingerprint density at radius 2 is 2.06 bits per heavy atom. The highest BCUT2D eigenvalue weighted by Crippen LogP contribution is 2.23. The number of aliphatic hydroxyl groups is 1. The molecule has 0 saturated heterocycles. The van der Waals surface area contributed by atoms with Crippen molar-refractivity contribution in [2.45, 2.75) is 13.0 Å². The fourth-order valence-electron chi connectivity index (χ4n) is 1.33. The number of rotatable bonds is 3. The molecule has 4 nitrogen and oxygen atoms in total. The largest absolute Gasteiger partial charge is 0.388 e. The van der Waals surface area contributed by atoms with Crippen LogP contribution in [0.1, 0.15) is 17.2 Å². The van der Waals surface area contributed by atoms with Crippen LogP contribution in [-0.2, 0) is 13.0 Å². The van der Waals surface area contributed by atoms with Gasteiger partial charge in [0.2, 0.25) is 0 Å². The van der Waals surface area contributed by atoms with Gasteiger partial charge in [0.1, 0.15) is 12.4 Å². The molecule has 0 radical (unpaired) electrons. The van der Waals surface area contributed by atoms with Crippen LogP contribution < -0.4 is 0 Å². The second kappa shape index (κ2) is 4.82. The molecule has 0 fully saturated rings. The molecule has 0 saturated carbocycles. The average Bonchev–Trinajstić information content (AvgIpc) is 2.71. The lowest BCUT2D eigenvalue weighted by Crippen LogP contribution is -1.91. The van der Waals surface area contributed by atoms with Gasteiger partial charge in [-0.25, -0.2) is 4.98 Å². The Hall–Kier alpha value is -1.10. The van der Waals surface area contributed by atoms with Gasteiger partial charge in [-0.05, 0) is 17.7 Å². The number of hydrogen-bond donors (Lipinski definition) is 2. The van der Waals surface area contributed by atoms with Gasteiger partial charge in [0.25, 0.3) is 0 Å². The molecule has 0 atom stereocenters. The minimum atomic E-state index is -0.169. The van der Waals surface area contributed by atoms with Gasteiger partial charge in [0, 0.05) is 6.42 Å². The summed E-state index contributed by atoms with van der Waals surface area (Å²) < 4.78 is 0. The minimum absolute atomic E-state index is 0.169. The molecule has 0 unspecified atom stereocenters. The highest BCUT2D eigenvalue weighted by molar-refractivity contribution is 6.42. The number of aliphatic hydroxyl groups excluding tert-OH is 1. The first-order valence-corrected chi connectivity index (χ1v) is 5.39. The summed E-state index contributed by atoms with van der Waals surface area (Å²) in [4.78, 5) is 4.08. The topological polar surface area (TPSA) is 61.8 Å². The molecule has 2 N–H and O–H groups in total. The van der Waals surface area contributed by atoms with E-state index < -0.39 is 0 Å². The standard InChI is InChI=1S/C10H9Cl2N3O/c11-7-2-1-6(3-8(7)12)4-9-13-10(5-16)15-14-9/h1-3,16H,4-5H2,(H,13,14,15). The van der Waals surface area contributed by atoms with E-state index in [1.165, 1.54) is 0 Å². The van der Waals surface area contributed by atoms with Crippen molar-refractivity contribution in [2.75, 3.05) is 0 Å². The lowest BCUT2D eigenvalue weighted by Gasteiger charge is -2.00. The number of hydrogen-bond acceptors (Lipinski definition) is 3. The third-order valence-electron chi connectivity index (χ3n) is 2.08. The Labute approximate surface area is 102 Å². The van der Waals surface area contributed by atoms with Crippen LogP contribution in [0, 0.1) is 0 Å². The Morgan fingerprint density at radius 1 is 1.25 bits per heavy atom. The van der Waals surface area contributed by atoms with Crippen molar-refractivity contribution >= 4 is 23.2 Å². The summed E-state index contributed by atoms with van der Waals surface area (Å²) in [7, 11) is 0. The highest BCUT2D eigenvalue weighted by atomic mass is 35.5. The van der Waals surface area contributed by atoms with Crippen LogP contribution in [0.25, 0.3) is 0 Å². The first-order chi connectivity index (χ1) is 7.69. The van der Waals surface area contributed by atoms with Crippen molar-refractivity contribution in [1.82, 2.24) is 15.2 Å². The molecular weight excluding hydrogens is 249 g/mol. The number of nitrogens with zero attached hydrogens (tertiary/aromatic N) is 2. The van der Waals surface area contributed by atoms with Crippen molar-refractivity contribution in [1.29, 1.82) is 0 Å². The van der Waals surface area contributed by atoms with Crippen LogP contribution in [0.15, 0.2) is 18.2 Å². The molecule has 84 valence electrons. The maximum Gasteiger partial charge on any atom is 0.176 e. The molecule has 0 bridgehead atoms. The van der Waals surface area contributed by atoms with Gasteiger partial charge >= 0.3 is 0 Å². The molecule has 2 aromatic rings. The average molecular weight is 258 g/mol. The first-order valence-electron chi connectivity index (χ1n) is 4.64. The Kier molecular flexibility index (Phi) is 3.43. The van der Waals surface area contributed by atoms with Gasteiger partial charge in [0.05, 0.1) is 10.0 Å². The van der Waals surface area contributed by atoms with Gasteiger partial charge < -0.3 is 5.11 Å². The molecule has 16 heavy (non-hydrogen) atoms. The molecule has 0 spiro atoms. The molecule has 0 aliphatic carbocycles. The summed E-state index contributed by atoms with van der Waals surface area (Å²) in [6.07, 6.45) is 0.573. The van der Waals surface area contributed by atoms with Crippen LogP contribution in [0.3, 0.4) is 0 Å². The summed E-state index contributed by atoms with van der Waals surface area (Å²) in [5.41, 5.74) is 0.982. The second-order valence-electron chi connectivity index (χ2n) is 3.28. The lowest BCUT2D eigenvalue weighted by atomic mass is 10.1. The van der Waals surface area contributed by atoms with Gasteiger partial charge in [-0.2, -0.15) is 5.10 Å². The van der Waals surface area contributed by atoms with Gasteiger partial charge in [-0.15, -0.1) is 0 Å². The van der Waals surface area contributed by atoms with E-state index in [9.17, 15) is 0 Å². The van der Waals surface area contributed by atoms with Crippen molar-refractivity contribution in [2.24, 2.45) is 0 Å². The summed E-state index contributed by atoms with van der Waals surface area (Å²) >= 11 is 11.7. The second-order valence-corrected chi connectivity index (χ2v) is 4.10. The fourth-order valence-corrected chi connectivity index (χ4v) is 1.65. The molecular formula is C10H9Cl2N3O. The van der Waals surface area contributed by atoms with E-state index in [0.29, 0.717) is 28.1 Å². The maximum atomic E-state index is 8.81. The van der Waals surface area contributed by atoms with Crippen molar-refractivity contribution < 1.29 is 5.11 Å². The Morgan fingerprint density at radius 3 is 2.69 bits per heavy atom. The monoisotopic (exact) mass is 257 g/mol. The molecule has 1 aromatic carbocycles. The Bertz CT molecular complexity index is 499. The van der Waals surface area contributed by atoms with Crippen molar-refractivity contribution in [3.63, 3.8) is 0 Å². The summed E-state index contributed by atoms with van der Waals surface area (Å²) in [5, 5.41) is 16.4. The van der Waals surface area contributed by atoms with Crippen LogP contribution in [0.2, 0.25) is 10.0 Å². The summed E-state index contributed by atoms with van der Waals surface area (Å²) in [5.74, 6) is 1.07. The SMILES string of the molecule is OCc1n[nH]c(Cc2ccc(Cl)c(Cl)c2)n1. The van der Waals surface area contributed by atoms with Crippen molar-refractivity contribution in [3.05, 3.63) is 45.5 Å². The van der Waals surface area contributed by atoms with E-state index >= 15 is 0 Å². The van der Waals surface area contributed by atoms with Crippen LogP contribution >= 0.6 is 23.2 Å². The fraction of sp³-hybridized carbons (Fsp3) is 0.200. The zero-order valence-electron chi connectivity index (χ0n) is 8.24. The zero-order valence-corrected chi connectivity index (χ0v) is 9.76. The van der Waals surface area contributed by atoms with Crippen molar-refractivity contribution in [3.8, 4) is 0 Å². The molecule has 0 aliphatic heterocycles. The van der Waals surface area contributed by atoms with E-state index in [0.717, 1.165) is 5.56 Å². The van der Waals surface area contributed by atoms with Gasteiger partial charge in [-0.1, -0.05) is 29.3 Å². The first kappa shape index (κ1) is 11.4. The smallest absolute Gasteiger partial charge is 0.176 e. The number of halogens is 2. The number of aromatic nitrogens is 3. The highest BCUT2D eigenvalue weighted by Gasteiger charge is 2.05. The van der Waals surface area contributed by atoms with E-state index in [2.05, 4.69) is 15.2 Å². The van der Waals surface area contributed by atoms with Gasteiger partial charge in [-0.3, -0.25) is 5.10 Å². The molecule has 2 rings (SSSR count). The quantitative estimate of drug-likeness (QED) is 0.887. The van der Waals surface area contributed by atoms with E-state index in [4.69, 9.17) is 28.3 Å². The predicted octanol–water partition coefficient (Wildman–Crippen LogP) is 2.19. The van der Waals surface area contributed by atoms with Gasteiger partial charge in [0.15, 0.2) is 5.82 Å². The molecule has 1 aromatic heterocycles. The van der Waals surface area contributed by atoms with E-state index in [1.807, 2.05) is 6.07 Å². The number of H-pyrrole nitrogens is 1. The third kappa shape index (κ3) is 2.52. The van der Waals surface area contributed by atoms with Crippen LogP contribution in [0.5, 0.6) is 0 Å². The zero-order chi connectivity index (χ0) is 11.5. The number of nitrogens with one attached hydrogen (secondary N) is 1. The van der Waals surface area contributed by atoms with E-state index in [1.54, 1.807) is 12.1 Å². The summed E-state index contributed by atoms with van der Waals surface area (Å²) in [6, 6.07) is 5.39. The van der Waals surface area contributed by atoms with Crippen LogP contribution in [-0.4, -0.2) is 20.3 Å². The Balaban J connectivity index is 2.17. The molecule has 0 aliphatic rings. The molecule has 6 heteroatoms. The lowest BCUT2D eigenvalue weighted by molar-refractivity contribution is 0.272. The molecule has 1 heterocycles. The van der Waals surface area contributed by atoms with Crippen LogP contribution in [0.4, 0.5) is 0 Å². The normalized spacial score (nSPS) is 10.7. The minimum Gasteiger partial charge on any atom is -0.388 e. The summed E-state index contributed by atoms with van der Waals surface area (Å²) in [6.45, 7) is -0.169. The van der Waals surface area contributed by atoms with E-state index in [-0.39, 0.29) is 6.61 Å². The number of aromatic amines is 1. The molecule has 0 amide bonds.